The van der Waals surface area contributed by atoms with Crippen LogP contribution >= 0.6 is 0 Å². The van der Waals surface area contributed by atoms with Gasteiger partial charge in [0.05, 0.1) is 5.57 Å². The normalized spacial score (nSPS) is 12.0. The summed E-state index contributed by atoms with van der Waals surface area (Å²) in [5.41, 5.74) is 6.65. The number of nitrogens with zero attached hydrogens (tertiary/aromatic N) is 2. The second-order valence-electron chi connectivity index (χ2n) is 6.24. The third-order valence-electron chi connectivity index (χ3n) is 4.16. The van der Waals surface area contributed by atoms with E-state index in [0.29, 0.717) is 5.70 Å². The van der Waals surface area contributed by atoms with Crippen molar-refractivity contribution >= 4 is 11.7 Å². The molecule has 0 atom stereocenters. The van der Waals surface area contributed by atoms with Crippen LogP contribution in [0.5, 0.6) is 0 Å². The van der Waals surface area contributed by atoms with Crippen molar-refractivity contribution in [2.45, 2.75) is 48.0 Å². The van der Waals surface area contributed by atoms with Crippen LogP contribution < -0.4 is 0 Å². The average Bonchev–Trinajstić information content (AvgIpc) is 2.64. The monoisotopic (exact) mass is 352 g/mol. The summed E-state index contributed by atoms with van der Waals surface area (Å²) in [7, 11) is 0. The molecule has 0 bridgehead atoms. The van der Waals surface area contributed by atoms with E-state index >= 15 is 0 Å². The number of hydrogen-bond donors (Lipinski definition) is 1. The number of aliphatic imine (C=N–C) groups is 1. The van der Waals surface area contributed by atoms with E-state index in [1.807, 2.05) is 19.1 Å². The van der Waals surface area contributed by atoms with Crippen LogP contribution in [-0.4, -0.2) is 21.8 Å². The predicted octanol–water partition coefficient (Wildman–Crippen LogP) is 5.13. The van der Waals surface area contributed by atoms with Crippen molar-refractivity contribution < 1.29 is 9.90 Å². The predicted molar refractivity (Wildman–Crippen MR) is 108 cm³/mol. The summed E-state index contributed by atoms with van der Waals surface area (Å²) in [6.07, 6.45) is 4.53. The third kappa shape index (κ3) is 6.63. The zero-order valence-corrected chi connectivity index (χ0v) is 16.5. The van der Waals surface area contributed by atoms with Gasteiger partial charge in [0.2, 0.25) is 0 Å². The van der Waals surface area contributed by atoms with Gasteiger partial charge in [-0.1, -0.05) is 36.8 Å². The second kappa shape index (κ2) is 10.3. The molecule has 1 heterocycles. The van der Waals surface area contributed by atoms with Crippen LogP contribution in [0.2, 0.25) is 0 Å². The summed E-state index contributed by atoms with van der Waals surface area (Å²) in [6, 6.07) is 10.3. The minimum Gasteiger partial charge on any atom is -0.478 e. The van der Waals surface area contributed by atoms with E-state index in [4.69, 9.17) is 5.11 Å². The van der Waals surface area contributed by atoms with E-state index in [2.05, 4.69) is 48.9 Å². The molecule has 2 aromatic rings. The smallest absolute Gasteiger partial charge is 0.333 e. The molecule has 0 fully saturated rings. The molecule has 0 aliphatic carbocycles. The standard InChI is InChI=1S/C12H14N2O2.C10H14/c1-8(12(15)16)9(2)14-10(3)11-5-4-6-13-7-11;1-4-10-7-8(2)5-6-9(10)3/h4-7H,1-3H3,(H,15,16);5-7H,4H2,1-3H3/b9-8+,14-10?;. The molecule has 26 heavy (non-hydrogen) atoms. The maximum atomic E-state index is 10.7. The van der Waals surface area contributed by atoms with Gasteiger partial charge in [0.1, 0.15) is 0 Å². The Kier molecular flexibility index (Phi) is 8.43. The molecular weight excluding hydrogens is 324 g/mol. The average molecular weight is 352 g/mol. The molecular formula is C22H28N2O2. The molecule has 0 unspecified atom stereocenters. The van der Waals surface area contributed by atoms with Crippen LogP contribution in [0, 0.1) is 13.8 Å². The maximum absolute atomic E-state index is 10.7. The number of hydrogen-bond acceptors (Lipinski definition) is 3. The van der Waals surface area contributed by atoms with E-state index in [1.165, 1.54) is 23.6 Å². The van der Waals surface area contributed by atoms with Gasteiger partial charge in [-0.05, 0) is 58.2 Å². The van der Waals surface area contributed by atoms with Gasteiger partial charge in [-0.3, -0.25) is 9.98 Å². The number of aryl methyl sites for hydroxylation is 3. The Labute approximate surface area is 156 Å². The Hall–Kier alpha value is -2.75. The molecule has 0 amide bonds. The summed E-state index contributed by atoms with van der Waals surface area (Å²) in [5, 5.41) is 8.80. The lowest BCUT2D eigenvalue weighted by molar-refractivity contribution is -0.132. The number of aliphatic carboxylic acids is 1. The summed E-state index contributed by atoms with van der Waals surface area (Å²) in [6.45, 7) is 11.6. The summed E-state index contributed by atoms with van der Waals surface area (Å²) < 4.78 is 0. The summed E-state index contributed by atoms with van der Waals surface area (Å²) in [5.74, 6) is -0.944. The molecule has 0 spiro atoms. The zero-order valence-electron chi connectivity index (χ0n) is 16.5. The zero-order chi connectivity index (χ0) is 19.7. The first-order valence-corrected chi connectivity index (χ1v) is 8.68. The molecule has 0 saturated heterocycles. The van der Waals surface area contributed by atoms with Gasteiger partial charge in [-0.2, -0.15) is 0 Å². The number of carboxylic acid groups (broad SMARTS) is 1. The first-order chi connectivity index (χ1) is 12.3. The molecule has 1 aromatic carbocycles. The van der Waals surface area contributed by atoms with Gasteiger partial charge < -0.3 is 5.11 Å². The number of rotatable bonds is 4. The van der Waals surface area contributed by atoms with Gasteiger partial charge in [-0.15, -0.1) is 0 Å². The number of aromatic nitrogens is 1. The van der Waals surface area contributed by atoms with Crippen LogP contribution in [0.3, 0.4) is 0 Å². The largest absolute Gasteiger partial charge is 0.478 e. The van der Waals surface area contributed by atoms with Crippen LogP contribution in [0.1, 0.15) is 49.9 Å². The second-order valence-corrected chi connectivity index (χ2v) is 6.24. The van der Waals surface area contributed by atoms with Gasteiger partial charge in [0, 0.05) is 29.4 Å². The summed E-state index contributed by atoms with van der Waals surface area (Å²) in [4.78, 5) is 18.9. The highest BCUT2D eigenvalue weighted by Crippen LogP contribution is 2.10. The van der Waals surface area contributed by atoms with Crippen molar-refractivity contribution in [3.63, 3.8) is 0 Å². The molecule has 0 radical (unpaired) electrons. The molecule has 1 N–H and O–H groups in total. The molecule has 2 rings (SSSR count). The van der Waals surface area contributed by atoms with Crippen molar-refractivity contribution in [1.82, 2.24) is 4.98 Å². The van der Waals surface area contributed by atoms with Crippen LogP contribution in [0.15, 0.2) is 59.0 Å². The van der Waals surface area contributed by atoms with Crippen molar-refractivity contribution in [1.29, 1.82) is 0 Å². The van der Waals surface area contributed by atoms with E-state index in [0.717, 1.165) is 17.7 Å². The van der Waals surface area contributed by atoms with Crippen molar-refractivity contribution in [3.8, 4) is 0 Å². The SMILES string of the molecule is CC(=N/C(C)=C(\C)C(=O)O)c1cccnc1.CCc1cc(C)ccc1C. The topological polar surface area (TPSA) is 62.5 Å². The fourth-order valence-corrected chi connectivity index (χ4v) is 2.31. The van der Waals surface area contributed by atoms with Crippen LogP contribution in [-0.2, 0) is 11.2 Å². The van der Waals surface area contributed by atoms with E-state index in [-0.39, 0.29) is 5.57 Å². The lowest BCUT2D eigenvalue weighted by atomic mass is 10.0. The minimum atomic E-state index is -0.944. The summed E-state index contributed by atoms with van der Waals surface area (Å²) >= 11 is 0. The Morgan fingerprint density at radius 1 is 1.15 bits per heavy atom. The minimum absolute atomic E-state index is 0.253. The first kappa shape index (κ1) is 21.3. The molecule has 0 aliphatic rings. The fourth-order valence-electron chi connectivity index (χ4n) is 2.31. The molecule has 1 aromatic heterocycles. The number of benzene rings is 1. The molecule has 138 valence electrons. The Morgan fingerprint density at radius 2 is 1.85 bits per heavy atom. The number of carboxylic acids is 1. The number of allylic oxidation sites excluding steroid dienone is 1. The lowest BCUT2D eigenvalue weighted by Gasteiger charge is -2.02. The van der Waals surface area contributed by atoms with Crippen molar-refractivity contribution in [2.75, 3.05) is 0 Å². The lowest BCUT2D eigenvalue weighted by Crippen LogP contribution is -2.01. The van der Waals surface area contributed by atoms with Gasteiger partial charge in [0.25, 0.3) is 0 Å². The highest BCUT2D eigenvalue weighted by Gasteiger charge is 2.05. The third-order valence-corrected chi connectivity index (χ3v) is 4.16. The van der Waals surface area contributed by atoms with Crippen molar-refractivity contribution in [2.24, 2.45) is 4.99 Å². The molecule has 4 nitrogen and oxygen atoms in total. The van der Waals surface area contributed by atoms with E-state index < -0.39 is 5.97 Å². The van der Waals surface area contributed by atoms with Crippen LogP contribution in [0.25, 0.3) is 0 Å². The van der Waals surface area contributed by atoms with Gasteiger partial charge >= 0.3 is 5.97 Å². The van der Waals surface area contributed by atoms with Crippen molar-refractivity contribution in [3.05, 3.63) is 76.2 Å². The highest BCUT2D eigenvalue weighted by molar-refractivity contribution is 5.99. The number of pyridine rings is 1. The molecule has 0 aliphatic heterocycles. The van der Waals surface area contributed by atoms with E-state index in [9.17, 15) is 4.79 Å². The number of carbonyl (C=O) groups is 1. The maximum Gasteiger partial charge on any atom is 0.333 e. The quantitative estimate of drug-likeness (QED) is 0.612. The Morgan fingerprint density at radius 3 is 2.35 bits per heavy atom. The Balaban J connectivity index is 0.000000289. The van der Waals surface area contributed by atoms with Gasteiger partial charge in [-0.25, -0.2) is 4.79 Å². The fraction of sp³-hybridized carbons (Fsp3) is 0.318. The Bertz CT molecular complexity index is 806. The van der Waals surface area contributed by atoms with E-state index in [1.54, 1.807) is 19.3 Å². The van der Waals surface area contributed by atoms with Crippen LogP contribution in [0.4, 0.5) is 0 Å². The molecule has 4 heteroatoms. The highest BCUT2D eigenvalue weighted by atomic mass is 16.4. The first-order valence-electron chi connectivity index (χ1n) is 8.68. The molecule has 0 saturated carbocycles. The van der Waals surface area contributed by atoms with Gasteiger partial charge in [0.15, 0.2) is 0 Å².